The van der Waals surface area contributed by atoms with Crippen LogP contribution in [0, 0.1) is 0 Å². The van der Waals surface area contributed by atoms with Crippen molar-refractivity contribution in [3.05, 3.63) is 59.7 Å². The summed E-state index contributed by atoms with van der Waals surface area (Å²) in [5.41, 5.74) is 1.91. The quantitative estimate of drug-likeness (QED) is 0.867. The van der Waals surface area contributed by atoms with Crippen LogP contribution in [0.1, 0.15) is 48.5 Å². The van der Waals surface area contributed by atoms with Gasteiger partial charge in [-0.1, -0.05) is 38.1 Å². The normalized spacial score (nSPS) is 14.7. The second kappa shape index (κ2) is 7.50. The molecule has 5 nitrogen and oxygen atoms in total. The molecule has 0 saturated carbocycles. The summed E-state index contributed by atoms with van der Waals surface area (Å²) >= 11 is 0. The molecule has 0 aliphatic carbocycles. The third-order valence-corrected chi connectivity index (χ3v) is 5.97. The SMILES string of the molecule is CC(C)c1ccccc1NS(=O)(=O)c1cccc(C(=O)N2CCCC2)c1. The Balaban J connectivity index is 1.88. The highest BCUT2D eigenvalue weighted by Gasteiger charge is 2.22. The van der Waals surface area contributed by atoms with Crippen LogP contribution in [0.3, 0.4) is 0 Å². The number of para-hydroxylation sites is 1. The average Bonchev–Trinajstić information content (AvgIpc) is 3.16. The van der Waals surface area contributed by atoms with Crippen molar-refractivity contribution < 1.29 is 13.2 Å². The summed E-state index contributed by atoms with van der Waals surface area (Å²) < 4.78 is 28.3. The molecule has 3 rings (SSSR count). The maximum atomic E-state index is 12.8. The van der Waals surface area contributed by atoms with E-state index in [9.17, 15) is 13.2 Å². The molecule has 26 heavy (non-hydrogen) atoms. The van der Waals surface area contributed by atoms with Crippen molar-refractivity contribution >= 4 is 21.6 Å². The van der Waals surface area contributed by atoms with Gasteiger partial charge in [-0.05, 0) is 48.6 Å². The molecule has 2 aromatic rings. The molecular weight excluding hydrogens is 348 g/mol. The minimum absolute atomic E-state index is 0.0982. The fourth-order valence-electron chi connectivity index (χ4n) is 3.20. The van der Waals surface area contributed by atoms with Gasteiger partial charge in [0, 0.05) is 18.7 Å². The number of hydrogen-bond acceptors (Lipinski definition) is 3. The Morgan fingerprint density at radius 1 is 1.04 bits per heavy atom. The van der Waals surface area contributed by atoms with Crippen LogP contribution in [-0.2, 0) is 10.0 Å². The average molecular weight is 372 g/mol. The zero-order valence-corrected chi connectivity index (χ0v) is 15.9. The standard InChI is InChI=1S/C20H24N2O3S/c1-15(2)18-10-3-4-11-19(18)21-26(24,25)17-9-7-8-16(14-17)20(23)22-12-5-6-13-22/h3-4,7-11,14-15,21H,5-6,12-13H2,1-2H3. The zero-order chi connectivity index (χ0) is 18.7. The molecule has 1 N–H and O–H groups in total. The Morgan fingerprint density at radius 3 is 2.42 bits per heavy atom. The Bertz CT molecular complexity index is 901. The van der Waals surface area contributed by atoms with Crippen LogP contribution in [0.2, 0.25) is 0 Å². The number of nitrogens with one attached hydrogen (secondary N) is 1. The molecule has 0 aromatic heterocycles. The molecule has 1 fully saturated rings. The molecule has 0 bridgehead atoms. The first kappa shape index (κ1) is 18.5. The van der Waals surface area contributed by atoms with Crippen LogP contribution >= 0.6 is 0 Å². The number of rotatable bonds is 5. The van der Waals surface area contributed by atoms with Crippen LogP contribution in [0.4, 0.5) is 5.69 Å². The topological polar surface area (TPSA) is 66.5 Å². The number of benzene rings is 2. The molecule has 1 amide bonds. The predicted molar refractivity (Wildman–Crippen MR) is 103 cm³/mol. The fraction of sp³-hybridized carbons (Fsp3) is 0.350. The summed E-state index contributed by atoms with van der Waals surface area (Å²) in [6, 6.07) is 13.6. The first-order valence-electron chi connectivity index (χ1n) is 8.89. The van der Waals surface area contributed by atoms with Crippen LogP contribution < -0.4 is 4.72 Å². The van der Waals surface area contributed by atoms with Crippen molar-refractivity contribution in [1.82, 2.24) is 4.90 Å². The van der Waals surface area contributed by atoms with E-state index in [1.807, 2.05) is 26.0 Å². The van der Waals surface area contributed by atoms with Gasteiger partial charge in [0.2, 0.25) is 0 Å². The smallest absolute Gasteiger partial charge is 0.261 e. The number of carbonyl (C=O) groups excluding carboxylic acids is 1. The Hall–Kier alpha value is -2.34. The van der Waals surface area contributed by atoms with Crippen LogP contribution in [-0.4, -0.2) is 32.3 Å². The monoisotopic (exact) mass is 372 g/mol. The van der Waals surface area contributed by atoms with E-state index in [2.05, 4.69) is 4.72 Å². The van der Waals surface area contributed by atoms with E-state index in [-0.39, 0.29) is 16.7 Å². The van der Waals surface area contributed by atoms with Crippen molar-refractivity contribution in [1.29, 1.82) is 0 Å². The molecule has 2 aromatic carbocycles. The maximum Gasteiger partial charge on any atom is 0.261 e. The van der Waals surface area contributed by atoms with E-state index in [4.69, 9.17) is 0 Å². The number of hydrogen-bond donors (Lipinski definition) is 1. The molecule has 0 spiro atoms. The van der Waals surface area contributed by atoms with Crippen molar-refractivity contribution in [2.24, 2.45) is 0 Å². The van der Waals surface area contributed by atoms with Gasteiger partial charge in [-0.25, -0.2) is 8.42 Å². The van der Waals surface area contributed by atoms with E-state index in [0.717, 1.165) is 31.5 Å². The first-order chi connectivity index (χ1) is 12.4. The van der Waals surface area contributed by atoms with Gasteiger partial charge in [-0.15, -0.1) is 0 Å². The lowest BCUT2D eigenvalue weighted by molar-refractivity contribution is 0.0792. The van der Waals surface area contributed by atoms with Gasteiger partial charge in [-0.2, -0.15) is 0 Å². The van der Waals surface area contributed by atoms with Crippen molar-refractivity contribution in [2.45, 2.75) is 37.5 Å². The van der Waals surface area contributed by atoms with E-state index < -0.39 is 10.0 Å². The Kier molecular flexibility index (Phi) is 5.32. The minimum Gasteiger partial charge on any atom is -0.339 e. The summed E-state index contributed by atoms with van der Waals surface area (Å²) in [5, 5.41) is 0. The lowest BCUT2D eigenvalue weighted by Crippen LogP contribution is -2.27. The van der Waals surface area contributed by atoms with Gasteiger partial charge in [-0.3, -0.25) is 9.52 Å². The maximum absolute atomic E-state index is 12.8. The number of nitrogens with zero attached hydrogens (tertiary/aromatic N) is 1. The van der Waals surface area contributed by atoms with Crippen LogP contribution in [0.5, 0.6) is 0 Å². The van der Waals surface area contributed by atoms with E-state index in [0.29, 0.717) is 11.3 Å². The number of anilines is 1. The summed E-state index contributed by atoms with van der Waals surface area (Å²) in [7, 11) is -3.77. The molecule has 6 heteroatoms. The van der Waals surface area contributed by atoms with Crippen molar-refractivity contribution in [3.63, 3.8) is 0 Å². The third kappa shape index (κ3) is 3.90. The van der Waals surface area contributed by atoms with Crippen LogP contribution in [0.15, 0.2) is 53.4 Å². The summed E-state index contributed by atoms with van der Waals surface area (Å²) in [4.78, 5) is 14.4. The van der Waals surface area contributed by atoms with E-state index in [1.54, 1.807) is 29.2 Å². The lowest BCUT2D eigenvalue weighted by atomic mass is 10.0. The highest BCUT2D eigenvalue weighted by Crippen LogP contribution is 2.26. The van der Waals surface area contributed by atoms with Crippen molar-refractivity contribution in [2.75, 3.05) is 17.8 Å². The molecule has 138 valence electrons. The third-order valence-electron chi connectivity index (χ3n) is 4.61. The van der Waals surface area contributed by atoms with Gasteiger partial charge in [0.05, 0.1) is 10.6 Å². The molecule has 1 heterocycles. The number of sulfonamides is 1. The molecular formula is C20H24N2O3S. The largest absolute Gasteiger partial charge is 0.339 e. The highest BCUT2D eigenvalue weighted by atomic mass is 32.2. The second-order valence-electron chi connectivity index (χ2n) is 6.87. The second-order valence-corrected chi connectivity index (χ2v) is 8.56. The van der Waals surface area contributed by atoms with Crippen LogP contribution in [0.25, 0.3) is 0 Å². The molecule has 1 aliphatic heterocycles. The predicted octanol–water partition coefficient (Wildman–Crippen LogP) is 3.85. The highest BCUT2D eigenvalue weighted by molar-refractivity contribution is 7.92. The Labute approximate surface area is 155 Å². The van der Waals surface area contributed by atoms with Gasteiger partial charge < -0.3 is 4.90 Å². The van der Waals surface area contributed by atoms with E-state index in [1.165, 1.54) is 12.1 Å². The van der Waals surface area contributed by atoms with Gasteiger partial charge in [0.15, 0.2) is 0 Å². The zero-order valence-electron chi connectivity index (χ0n) is 15.1. The van der Waals surface area contributed by atoms with Gasteiger partial charge in [0.25, 0.3) is 15.9 Å². The summed E-state index contributed by atoms with van der Waals surface area (Å²) in [5.74, 6) is 0.0825. The summed E-state index contributed by atoms with van der Waals surface area (Å²) in [6.45, 7) is 5.50. The Morgan fingerprint density at radius 2 is 1.73 bits per heavy atom. The van der Waals surface area contributed by atoms with Gasteiger partial charge in [0.1, 0.15) is 0 Å². The minimum atomic E-state index is -3.77. The van der Waals surface area contributed by atoms with Crippen molar-refractivity contribution in [3.8, 4) is 0 Å². The fourth-order valence-corrected chi connectivity index (χ4v) is 4.33. The number of carbonyl (C=O) groups is 1. The molecule has 0 atom stereocenters. The number of likely N-dealkylation sites (tertiary alicyclic amines) is 1. The molecule has 1 aliphatic rings. The summed E-state index contributed by atoms with van der Waals surface area (Å²) in [6.07, 6.45) is 1.99. The first-order valence-corrected chi connectivity index (χ1v) is 10.4. The molecule has 0 radical (unpaired) electrons. The lowest BCUT2D eigenvalue weighted by Gasteiger charge is -2.17. The molecule has 1 saturated heterocycles. The van der Waals surface area contributed by atoms with Gasteiger partial charge >= 0.3 is 0 Å². The van der Waals surface area contributed by atoms with E-state index >= 15 is 0 Å². The number of amides is 1. The molecule has 0 unspecified atom stereocenters.